The van der Waals surface area contributed by atoms with Crippen LogP contribution in [0.2, 0.25) is 0 Å². The highest BCUT2D eigenvalue weighted by Gasteiger charge is 2.20. The van der Waals surface area contributed by atoms with Crippen molar-refractivity contribution in [2.45, 2.75) is 45.8 Å². The summed E-state index contributed by atoms with van der Waals surface area (Å²) in [6.45, 7) is 6.28. The van der Waals surface area contributed by atoms with Crippen molar-refractivity contribution in [2.75, 3.05) is 0 Å². The number of halogens is 1. The molecule has 0 heterocycles. The van der Waals surface area contributed by atoms with Gasteiger partial charge in [0.05, 0.1) is 12.2 Å². The standard InChI is InChI=1S/C10H17ClO/c1-7(2)12-10-5-4-8(3)6-9(10)11/h6-8,10H,4-5H2,1-3H3. The molecule has 0 spiro atoms. The first-order valence-electron chi connectivity index (χ1n) is 4.62. The predicted molar refractivity (Wildman–Crippen MR) is 52.3 cm³/mol. The van der Waals surface area contributed by atoms with E-state index in [1.807, 2.05) is 13.8 Å². The largest absolute Gasteiger partial charge is 0.370 e. The van der Waals surface area contributed by atoms with Gasteiger partial charge in [-0.3, -0.25) is 0 Å². The summed E-state index contributed by atoms with van der Waals surface area (Å²) in [7, 11) is 0. The van der Waals surface area contributed by atoms with Crippen LogP contribution in [-0.2, 0) is 4.74 Å². The molecule has 0 aliphatic heterocycles. The van der Waals surface area contributed by atoms with E-state index in [1.165, 1.54) is 6.42 Å². The summed E-state index contributed by atoms with van der Waals surface area (Å²) in [5, 5.41) is 0.891. The summed E-state index contributed by atoms with van der Waals surface area (Å²) in [5.74, 6) is 0.615. The molecule has 0 bridgehead atoms. The first kappa shape index (κ1) is 10.1. The molecular formula is C10H17ClO. The van der Waals surface area contributed by atoms with Gasteiger partial charge in [0.1, 0.15) is 0 Å². The van der Waals surface area contributed by atoms with E-state index in [-0.39, 0.29) is 12.2 Å². The number of rotatable bonds is 2. The van der Waals surface area contributed by atoms with E-state index in [4.69, 9.17) is 16.3 Å². The fraction of sp³-hybridized carbons (Fsp3) is 0.800. The predicted octanol–water partition coefficient (Wildman–Crippen LogP) is 3.33. The van der Waals surface area contributed by atoms with E-state index in [0.29, 0.717) is 5.92 Å². The molecule has 1 rings (SSSR count). The molecule has 70 valence electrons. The van der Waals surface area contributed by atoms with Gasteiger partial charge in [0.25, 0.3) is 0 Å². The Hall–Kier alpha value is -0.0100. The van der Waals surface area contributed by atoms with E-state index in [9.17, 15) is 0 Å². The van der Waals surface area contributed by atoms with Gasteiger partial charge in [-0.2, -0.15) is 0 Å². The van der Waals surface area contributed by atoms with E-state index < -0.39 is 0 Å². The lowest BCUT2D eigenvalue weighted by molar-refractivity contribution is 0.0227. The summed E-state index contributed by atoms with van der Waals surface area (Å²) in [6, 6.07) is 0. The third-order valence-electron chi connectivity index (χ3n) is 2.07. The van der Waals surface area contributed by atoms with E-state index in [0.717, 1.165) is 11.5 Å². The molecule has 2 heteroatoms. The van der Waals surface area contributed by atoms with Crippen molar-refractivity contribution in [2.24, 2.45) is 5.92 Å². The second-order valence-corrected chi connectivity index (χ2v) is 4.22. The Morgan fingerprint density at radius 3 is 2.67 bits per heavy atom. The highest BCUT2D eigenvalue weighted by molar-refractivity contribution is 6.30. The average Bonchev–Trinajstić information content (AvgIpc) is 1.94. The molecule has 0 fully saturated rings. The van der Waals surface area contributed by atoms with Crippen molar-refractivity contribution in [3.63, 3.8) is 0 Å². The summed E-state index contributed by atoms with van der Waals surface area (Å²) in [6.07, 6.45) is 4.79. The minimum absolute atomic E-state index is 0.155. The maximum Gasteiger partial charge on any atom is 0.0930 e. The summed E-state index contributed by atoms with van der Waals surface area (Å²) in [4.78, 5) is 0. The maximum absolute atomic E-state index is 6.06. The van der Waals surface area contributed by atoms with E-state index in [2.05, 4.69) is 13.0 Å². The molecule has 0 radical (unpaired) electrons. The van der Waals surface area contributed by atoms with Gasteiger partial charge in [0.15, 0.2) is 0 Å². The van der Waals surface area contributed by atoms with Gasteiger partial charge in [-0.15, -0.1) is 0 Å². The van der Waals surface area contributed by atoms with Crippen molar-refractivity contribution >= 4 is 11.6 Å². The van der Waals surface area contributed by atoms with Crippen LogP contribution in [0.1, 0.15) is 33.6 Å². The molecule has 0 saturated carbocycles. The van der Waals surface area contributed by atoms with Gasteiger partial charge in [-0.25, -0.2) is 0 Å². The molecule has 12 heavy (non-hydrogen) atoms. The molecule has 0 saturated heterocycles. The van der Waals surface area contributed by atoms with E-state index >= 15 is 0 Å². The van der Waals surface area contributed by atoms with Crippen LogP contribution in [0.4, 0.5) is 0 Å². The van der Waals surface area contributed by atoms with Crippen LogP contribution in [0, 0.1) is 5.92 Å². The highest BCUT2D eigenvalue weighted by Crippen LogP contribution is 2.28. The summed E-state index contributed by atoms with van der Waals surface area (Å²) in [5.41, 5.74) is 0. The lowest BCUT2D eigenvalue weighted by Gasteiger charge is -2.25. The Morgan fingerprint density at radius 1 is 1.50 bits per heavy atom. The average molecular weight is 189 g/mol. The van der Waals surface area contributed by atoms with Crippen molar-refractivity contribution in [3.8, 4) is 0 Å². The van der Waals surface area contributed by atoms with Crippen LogP contribution in [0.15, 0.2) is 11.1 Å². The molecule has 2 atom stereocenters. The molecular weight excluding hydrogens is 172 g/mol. The Bertz CT molecular complexity index is 175. The van der Waals surface area contributed by atoms with E-state index in [1.54, 1.807) is 0 Å². The molecule has 2 unspecified atom stereocenters. The third-order valence-corrected chi connectivity index (χ3v) is 2.44. The molecule has 1 nitrogen and oxygen atoms in total. The minimum Gasteiger partial charge on any atom is -0.370 e. The lowest BCUT2D eigenvalue weighted by atomic mass is 9.95. The third kappa shape index (κ3) is 2.80. The topological polar surface area (TPSA) is 9.23 Å². The minimum atomic E-state index is 0.155. The zero-order valence-corrected chi connectivity index (χ0v) is 8.77. The first-order chi connectivity index (χ1) is 5.59. The molecule has 0 aromatic rings. The lowest BCUT2D eigenvalue weighted by Crippen LogP contribution is -2.22. The van der Waals surface area contributed by atoms with Gasteiger partial charge < -0.3 is 4.74 Å². The summed E-state index contributed by atoms with van der Waals surface area (Å²) < 4.78 is 5.65. The summed E-state index contributed by atoms with van der Waals surface area (Å²) >= 11 is 6.06. The van der Waals surface area contributed by atoms with Crippen molar-refractivity contribution in [1.29, 1.82) is 0 Å². The first-order valence-corrected chi connectivity index (χ1v) is 5.00. The normalized spacial score (nSPS) is 30.6. The van der Waals surface area contributed by atoms with Gasteiger partial charge >= 0.3 is 0 Å². The van der Waals surface area contributed by atoms with Gasteiger partial charge in [0.2, 0.25) is 0 Å². The second kappa shape index (κ2) is 4.29. The SMILES string of the molecule is CC1C=C(Cl)C(OC(C)C)CC1. The van der Waals surface area contributed by atoms with Gasteiger partial charge in [-0.05, 0) is 32.6 Å². The Balaban J connectivity index is 2.51. The van der Waals surface area contributed by atoms with Gasteiger partial charge in [-0.1, -0.05) is 24.6 Å². The molecule has 0 aromatic carbocycles. The number of allylic oxidation sites excluding steroid dienone is 1. The van der Waals surface area contributed by atoms with Crippen LogP contribution >= 0.6 is 11.6 Å². The Labute approximate surface area is 79.7 Å². The maximum atomic E-state index is 6.06. The molecule has 0 aromatic heterocycles. The fourth-order valence-electron chi connectivity index (χ4n) is 1.48. The van der Waals surface area contributed by atoms with Gasteiger partial charge in [0, 0.05) is 5.03 Å². The monoisotopic (exact) mass is 188 g/mol. The van der Waals surface area contributed by atoms with Crippen molar-refractivity contribution in [1.82, 2.24) is 0 Å². The molecule has 0 amide bonds. The fourth-order valence-corrected chi connectivity index (χ4v) is 1.85. The van der Waals surface area contributed by atoms with Crippen LogP contribution in [-0.4, -0.2) is 12.2 Å². The van der Waals surface area contributed by atoms with Crippen LogP contribution < -0.4 is 0 Å². The second-order valence-electron chi connectivity index (χ2n) is 3.78. The zero-order valence-electron chi connectivity index (χ0n) is 8.01. The van der Waals surface area contributed by atoms with Crippen LogP contribution in [0.3, 0.4) is 0 Å². The quantitative estimate of drug-likeness (QED) is 0.646. The Morgan fingerprint density at radius 2 is 2.17 bits per heavy atom. The highest BCUT2D eigenvalue weighted by atomic mass is 35.5. The Kier molecular flexibility index (Phi) is 3.60. The number of hydrogen-bond acceptors (Lipinski definition) is 1. The van der Waals surface area contributed by atoms with Crippen molar-refractivity contribution in [3.05, 3.63) is 11.1 Å². The molecule has 0 N–H and O–H groups in total. The molecule has 1 aliphatic carbocycles. The zero-order chi connectivity index (χ0) is 9.14. The number of hydrogen-bond donors (Lipinski definition) is 0. The smallest absolute Gasteiger partial charge is 0.0930 e. The molecule has 1 aliphatic rings. The van der Waals surface area contributed by atoms with Crippen molar-refractivity contribution < 1.29 is 4.74 Å². The van der Waals surface area contributed by atoms with Crippen LogP contribution in [0.25, 0.3) is 0 Å². The number of ether oxygens (including phenoxy) is 1. The van der Waals surface area contributed by atoms with Crippen LogP contribution in [0.5, 0.6) is 0 Å².